The maximum Gasteiger partial charge on any atom is 0.135 e. The summed E-state index contributed by atoms with van der Waals surface area (Å²) in [6.45, 7) is 0.508. The SMILES string of the molecule is O=NC(Cn1cnc2ccccc21)c1ccccc1. The maximum atomic E-state index is 11.1. The van der Waals surface area contributed by atoms with Gasteiger partial charge in [0.2, 0.25) is 0 Å². The van der Waals surface area contributed by atoms with Crippen molar-refractivity contribution >= 4 is 11.0 Å². The molecule has 0 saturated heterocycles. The van der Waals surface area contributed by atoms with Crippen LogP contribution in [-0.4, -0.2) is 9.55 Å². The van der Waals surface area contributed by atoms with Gasteiger partial charge >= 0.3 is 0 Å². The lowest BCUT2D eigenvalue weighted by Gasteiger charge is -2.10. The summed E-state index contributed by atoms with van der Waals surface area (Å²) in [4.78, 5) is 15.4. The average molecular weight is 251 g/mol. The fourth-order valence-electron chi connectivity index (χ4n) is 2.22. The number of nitrogens with zero attached hydrogens (tertiary/aromatic N) is 3. The predicted molar refractivity (Wildman–Crippen MR) is 74.7 cm³/mol. The van der Waals surface area contributed by atoms with E-state index in [1.54, 1.807) is 6.33 Å². The summed E-state index contributed by atoms with van der Waals surface area (Å²) >= 11 is 0. The van der Waals surface area contributed by atoms with Crippen molar-refractivity contribution in [2.24, 2.45) is 5.18 Å². The number of para-hydroxylation sites is 2. The minimum Gasteiger partial charge on any atom is -0.328 e. The van der Waals surface area contributed by atoms with Gasteiger partial charge in [0.15, 0.2) is 0 Å². The van der Waals surface area contributed by atoms with Crippen molar-refractivity contribution in [2.75, 3.05) is 0 Å². The highest BCUT2D eigenvalue weighted by Crippen LogP contribution is 2.21. The number of hydrogen-bond acceptors (Lipinski definition) is 3. The molecular weight excluding hydrogens is 238 g/mol. The van der Waals surface area contributed by atoms with Gasteiger partial charge in [0.1, 0.15) is 6.04 Å². The molecule has 0 aliphatic heterocycles. The van der Waals surface area contributed by atoms with Crippen LogP contribution in [0, 0.1) is 4.91 Å². The second-order valence-electron chi connectivity index (χ2n) is 4.42. The van der Waals surface area contributed by atoms with Gasteiger partial charge in [-0.25, -0.2) is 4.98 Å². The first-order valence-corrected chi connectivity index (χ1v) is 6.16. The van der Waals surface area contributed by atoms with Crippen LogP contribution in [0.25, 0.3) is 11.0 Å². The minimum absolute atomic E-state index is 0.390. The summed E-state index contributed by atoms with van der Waals surface area (Å²) in [5, 5.41) is 3.24. The fraction of sp³-hybridized carbons (Fsp3) is 0.133. The van der Waals surface area contributed by atoms with E-state index in [0.29, 0.717) is 6.54 Å². The minimum atomic E-state index is -0.390. The van der Waals surface area contributed by atoms with E-state index in [1.165, 1.54) is 0 Å². The second-order valence-corrected chi connectivity index (χ2v) is 4.42. The normalized spacial score (nSPS) is 12.4. The Morgan fingerprint density at radius 1 is 1.05 bits per heavy atom. The Morgan fingerprint density at radius 2 is 1.79 bits per heavy atom. The van der Waals surface area contributed by atoms with E-state index in [1.807, 2.05) is 59.2 Å². The van der Waals surface area contributed by atoms with Crippen molar-refractivity contribution in [2.45, 2.75) is 12.6 Å². The van der Waals surface area contributed by atoms with Gasteiger partial charge in [-0.05, 0) is 17.7 Å². The van der Waals surface area contributed by atoms with E-state index in [0.717, 1.165) is 16.6 Å². The van der Waals surface area contributed by atoms with Crippen molar-refractivity contribution in [3.63, 3.8) is 0 Å². The van der Waals surface area contributed by atoms with Crippen LogP contribution in [-0.2, 0) is 6.54 Å². The smallest absolute Gasteiger partial charge is 0.135 e. The number of nitroso groups, excluding NO2 is 1. The molecule has 1 heterocycles. The van der Waals surface area contributed by atoms with E-state index in [9.17, 15) is 4.91 Å². The third-order valence-electron chi connectivity index (χ3n) is 3.21. The molecule has 94 valence electrons. The molecule has 4 heteroatoms. The van der Waals surface area contributed by atoms with Gasteiger partial charge in [-0.3, -0.25) is 0 Å². The lowest BCUT2D eigenvalue weighted by Crippen LogP contribution is -2.06. The Kier molecular flexibility index (Phi) is 3.06. The first kappa shape index (κ1) is 11.6. The predicted octanol–water partition coefficient (Wildman–Crippen LogP) is 3.54. The van der Waals surface area contributed by atoms with Crippen molar-refractivity contribution in [1.29, 1.82) is 0 Å². The van der Waals surface area contributed by atoms with Gasteiger partial charge in [0.25, 0.3) is 0 Å². The van der Waals surface area contributed by atoms with Crippen molar-refractivity contribution < 1.29 is 0 Å². The van der Waals surface area contributed by atoms with Crippen LogP contribution < -0.4 is 0 Å². The molecule has 0 radical (unpaired) electrons. The number of fused-ring (bicyclic) bond motifs is 1. The molecule has 1 aromatic heterocycles. The van der Waals surface area contributed by atoms with Crippen molar-refractivity contribution in [3.05, 3.63) is 71.4 Å². The fourth-order valence-corrected chi connectivity index (χ4v) is 2.22. The Hall–Kier alpha value is -2.49. The van der Waals surface area contributed by atoms with Gasteiger partial charge < -0.3 is 4.57 Å². The average Bonchev–Trinajstić information content (AvgIpc) is 2.89. The third kappa shape index (κ3) is 2.25. The van der Waals surface area contributed by atoms with E-state index in [4.69, 9.17) is 0 Å². The molecule has 0 aliphatic rings. The summed E-state index contributed by atoms with van der Waals surface area (Å²) in [6.07, 6.45) is 1.76. The molecule has 0 spiro atoms. The molecule has 0 fully saturated rings. The summed E-state index contributed by atoms with van der Waals surface area (Å²) < 4.78 is 1.97. The molecule has 2 aromatic carbocycles. The second kappa shape index (κ2) is 5.02. The standard InChI is InChI=1S/C15H13N3O/c19-17-14(12-6-2-1-3-7-12)10-18-11-16-13-8-4-5-9-15(13)18/h1-9,11,14H,10H2. The number of aromatic nitrogens is 2. The highest BCUT2D eigenvalue weighted by Gasteiger charge is 2.13. The van der Waals surface area contributed by atoms with E-state index < -0.39 is 0 Å². The highest BCUT2D eigenvalue weighted by atomic mass is 16.3. The monoisotopic (exact) mass is 251 g/mol. The topological polar surface area (TPSA) is 47.2 Å². The highest BCUT2D eigenvalue weighted by molar-refractivity contribution is 5.74. The van der Waals surface area contributed by atoms with Gasteiger partial charge in [0, 0.05) is 0 Å². The van der Waals surface area contributed by atoms with Crippen LogP contribution in [0.4, 0.5) is 0 Å². The zero-order valence-electron chi connectivity index (χ0n) is 10.3. The zero-order chi connectivity index (χ0) is 13.1. The maximum absolute atomic E-state index is 11.1. The largest absolute Gasteiger partial charge is 0.328 e. The molecule has 0 N–H and O–H groups in total. The third-order valence-corrected chi connectivity index (χ3v) is 3.21. The lowest BCUT2D eigenvalue weighted by molar-refractivity contribution is 0.587. The van der Waals surface area contributed by atoms with Crippen LogP contribution in [0.15, 0.2) is 66.1 Å². The Balaban J connectivity index is 1.93. The van der Waals surface area contributed by atoms with Gasteiger partial charge in [-0.2, -0.15) is 4.91 Å². The molecule has 0 bridgehead atoms. The molecular formula is C15H13N3O. The van der Waals surface area contributed by atoms with E-state index in [-0.39, 0.29) is 6.04 Å². The molecule has 3 aromatic rings. The van der Waals surface area contributed by atoms with E-state index in [2.05, 4.69) is 10.2 Å². The Morgan fingerprint density at radius 3 is 2.58 bits per heavy atom. The summed E-state index contributed by atoms with van der Waals surface area (Å²) in [5.41, 5.74) is 2.88. The van der Waals surface area contributed by atoms with Crippen LogP contribution in [0.2, 0.25) is 0 Å². The van der Waals surface area contributed by atoms with Gasteiger partial charge in [-0.15, -0.1) is 0 Å². The number of benzene rings is 2. The molecule has 0 amide bonds. The molecule has 4 nitrogen and oxygen atoms in total. The van der Waals surface area contributed by atoms with E-state index >= 15 is 0 Å². The lowest BCUT2D eigenvalue weighted by atomic mass is 10.1. The first-order valence-electron chi connectivity index (χ1n) is 6.16. The van der Waals surface area contributed by atoms with Crippen molar-refractivity contribution in [1.82, 2.24) is 9.55 Å². The first-order chi connectivity index (χ1) is 9.38. The van der Waals surface area contributed by atoms with Crippen molar-refractivity contribution in [3.8, 4) is 0 Å². The molecule has 0 saturated carbocycles. The Bertz CT molecular complexity index is 691. The summed E-state index contributed by atoms with van der Waals surface area (Å²) in [7, 11) is 0. The number of hydrogen-bond donors (Lipinski definition) is 0. The quantitative estimate of drug-likeness (QED) is 0.666. The van der Waals surface area contributed by atoms with Gasteiger partial charge in [-0.1, -0.05) is 47.6 Å². The molecule has 19 heavy (non-hydrogen) atoms. The number of rotatable bonds is 4. The molecule has 3 rings (SSSR count). The molecule has 1 atom stereocenters. The molecule has 1 unspecified atom stereocenters. The van der Waals surface area contributed by atoms with Gasteiger partial charge in [0.05, 0.1) is 23.9 Å². The number of imidazole rings is 1. The van der Waals surface area contributed by atoms with Crippen LogP contribution in [0.1, 0.15) is 11.6 Å². The zero-order valence-corrected chi connectivity index (χ0v) is 10.3. The summed E-state index contributed by atoms with van der Waals surface area (Å²) in [5.74, 6) is 0. The van der Waals surface area contributed by atoms with Crippen LogP contribution >= 0.6 is 0 Å². The summed E-state index contributed by atoms with van der Waals surface area (Å²) in [6, 6.07) is 17.1. The molecule has 0 aliphatic carbocycles. The van der Waals surface area contributed by atoms with Crippen LogP contribution in [0.5, 0.6) is 0 Å². The Labute approximate surface area is 110 Å². The van der Waals surface area contributed by atoms with Crippen LogP contribution in [0.3, 0.4) is 0 Å².